The van der Waals surface area contributed by atoms with Crippen LogP contribution in [0.4, 0.5) is 5.82 Å². The molecule has 2 aliphatic rings. The van der Waals surface area contributed by atoms with Crippen LogP contribution in [0.5, 0.6) is 0 Å². The number of fused-ring (bicyclic) bond motifs is 2. The van der Waals surface area contributed by atoms with E-state index in [4.69, 9.17) is 0 Å². The molecule has 1 saturated carbocycles. The summed E-state index contributed by atoms with van der Waals surface area (Å²) in [7, 11) is 0. The van der Waals surface area contributed by atoms with Crippen molar-refractivity contribution < 1.29 is 0 Å². The molecule has 2 N–H and O–H groups in total. The zero-order chi connectivity index (χ0) is 9.38. The molecule has 0 radical (unpaired) electrons. The fourth-order valence-corrected chi connectivity index (χ4v) is 2.72. The number of aromatic amines is 1. The molecule has 0 saturated heterocycles. The van der Waals surface area contributed by atoms with Gasteiger partial charge in [-0.15, -0.1) is 0 Å². The van der Waals surface area contributed by atoms with Gasteiger partial charge in [-0.1, -0.05) is 12.2 Å². The second kappa shape index (κ2) is 3.15. The van der Waals surface area contributed by atoms with Gasteiger partial charge in [-0.05, 0) is 36.7 Å². The van der Waals surface area contributed by atoms with Gasteiger partial charge in [0.25, 0.3) is 0 Å². The standard InChI is InChI=1S/C11H15N3/c1-2-9-5-8(1)6-10(9)7-12-11-3-4-13-14-11/h1-4,8-10H,5-7H2,(H2,12,13,14). The predicted molar refractivity (Wildman–Crippen MR) is 55.9 cm³/mol. The van der Waals surface area contributed by atoms with E-state index in [1.54, 1.807) is 6.20 Å². The summed E-state index contributed by atoms with van der Waals surface area (Å²) in [6.07, 6.45) is 9.31. The van der Waals surface area contributed by atoms with Crippen molar-refractivity contribution in [2.24, 2.45) is 17.8 Å². The number of anilines is 1. The highest BCUT2D eigenvalue weighted by Crippen LogP contribution is 2.43. The molecule has 1 fully saturated rings. The van der Waals surface area contributed by atoms with Crippen molar-refractivity contribution in [3.63, 3.8) is 0 Å². The SMILES string of the molecule is C1=CC2CC1CC2CNc1ccn[nH]1. The van der Waals surface area contributed by atoms with Gasteiger partial charge >= 0.3 is 0 Å². The van der Waals surface area contributed by atoms with Crippen molar-refractivity contribution >= 4 is 5.82 Å². The molecule has 14 heavy (non-hydrogen) atoms. The Labute approximate surface area is 83.6 Å². The number of hydrogen-bond acceptors (Lipinski definition) is 2. The van der Waals surface area contributed by atoms with E-state index < -0.39 is 0 Å². The van der Waals surface area contributed by atoms with E-state index in [9.17, 15) is 0 Å². The van der Waals surface area contributed by atoms with E-state index in [0.29, 0.717) is 0 Å². The highest BCUT2D eigenvalue weighted by Gasteiger charge is 2.35. The zero-order valence-electron chi connectivity index (χ0n) is 8.11. The summed E-state index contributed by atoms with van der Waals surface area (Å²) < 4.78 is 0. The predicted octanol–water partition coefficient (Wildman–Crippen LogP) is 2.03. The van der Waals surface area contributed by atoms with Crippen molar-refractivity contribution in [1.29, 1.82) is 0 Å². The van der Waals surface area contributed by atoms with Crippen LogP contribution in [0.2, 0.25) is 0 Å². The second-order valence-corrected chi connectivity index (χ2v) is 4.39. The fraction of sp³-hybridized carbons (Fsp3) is 0.545. The van der Waals surface area contributed by atoms with Crippen LogP contribution in [0, 0.1) is 17.8 Å². The Hall–Kier alpha value is -1.25. The van der Waals surface area contributed by atoms with Crippen LogP contribution in [-0.2, 0) is 0 Å². The van der Waals surface area contributed by atoms with Gasteiger partial charge in [-0.3, -0.25) is 5.10 Å². The van der Waals surface area contributed by atoms with Crippen LogP contribution in [0.3, 0.4) is 0 Å². The molecular formula is C11H15N3. The van der Waals surface area contributed by atoms with E-state index >= 15 is 0 Å². The third-order valence-electron chi connectivity index (χ3n) is 3.47. The van der Waals surface area contributed by atoms with Crippen LogP contribution >= 0.6 is 0 Å². The quantitative estimate of drug-likeness (QED) is 0.714. The van der Waals surface area contributed by atoms with E-state index in [2.05, 4.69) is 27.7 Å². The van der Waals surface area contributed by atoms with Crippen LogP contribution < -0.4 is 5.32 Å². The summed E-state index contributed by atoms with van der Waals surface area (Å²) in [5, 5.41) is 10.2. The lowest BCUT2D eigenvalue weighted by molar-refractivity contribution is 0.471. The normalized spacial score (nSPS) is 33.9. The lowest BCUT2D eigenvalue weighted by atomic mass is 9.94. The Kier molecular flexibility index (Phi) is 1.82. The Morgan fingerprint density at radius 3 is 3.07 bits per heavy atom. The van der Waals surface area contributed by atoms with Gasteiger partial charge in [0.1, 0.15) is 5.82 Å². The number of rotatable bonds is 3. The van der Waals surface area contributed by atoms with Gasteiger partial charge in [-0.25, -0.2) is 0 Å². The molecule has 0 aliphatic heterocycles. The van der Waals surface area contributed by atoms with Crippen molar-refractivity contribution in [3.05, 3.63) is 24.4 Å². The third kappa shape index (κ3) is 1.33. The van der Waals surface area contributed by atoms with Gasteiger partial charge in [0.05, 0.1) is 6.20 Å². The maximum atomic E-state index is 3.91. The molecule has 3 atom stereocenters. The van der Waals surface area contributed by atoms with Gasteiger partial charge in [-0.2, -0.15) is 5.10 Å². The molecule has 3 nitrogen and oxygen atoms in total. The van der Waals surface area contributed by atoms with E-state index in [-0.39, 0.29) is 0 Å². The number of nitrogens with zero attached hydrogens (tertiary/aromatic N) is 1. The molecule has 1 aromatic rings. The summed E-state index contributed by atoms with van der Waals surface area (Å²) >= 11 is 0. The fourth-order valence-electron chi connectivity index (χ4n) is 2.72. The Morgan fingerprint density at radius 2 is 2.43 bits per heavy atom. The minimum Gasteiger partial charge on any atom is -0.370 e. The number of hydrogen-bond donors (Lipinski definition) is 2. The molecule has 3 rings (SSSR count). The van der Waals surface area contributed by atoms with Crippen LogP contribution in [0.15, 0.2) is 24.4 Å². The molecule has 0 amide bonds. The number of H-pyrrole nitrogens is 1. The molecule has 2 bridgehead atoms. The van der Waals surface area contributed by atoms with Crippen molar-refractivity contribution in [1.82, 2.24) is 10.2 Å². The first-order valence-corrected chi connectivity index (χ1v) is 5.33. The molecule has 3 heteroatoms. The van der Waals surface area contributed by atoms with Crippen LogP contribution in [-0.4, -0.2) is 16.7 Å². The van der Waals surface area contributed by atoms with E-state index in [1.165, 1.54) is 12.8 Å². The summed E-state index contributed by atoms with van der Waals surface area (Å²) in [5.41, 5.74) is 0. The average Bonchev–Trinajstić information content (AvgIpc) is 2.91. The minimum atomic E-state index is 0.827. The van der Waals surface area contributed by atoms with Crippen LogP contribution in [0.1, 0.15) is 12.8 Å². The lowest BCUT2D eigenvalue weighted by Gasteiger charge is -2.18. The molecule has 3 unspecified atom stereocenters. The maximum absolute atomic E-state index is 3.91. The molecule has 1 aromatic heterocycles. The summed E-state index contributed by atoms with van der Waals surface area (Å²) in [5.74, 6) is 3.56. The van der Waals surface area contributed by atoms with Crippen LogP contribution in [0.25, 0.3) is 0 Å². The summed E-state index contributed by atoms with van der Waals surface area (Å²) in [4.78, 5) is 0. The van der Waals surface area contributed by atoms with E-state index in [1.807, 2.05) is 6.07 Å². The first-order chi connectivity index (χ1) is 6.92. The Morgan fingerprint density at radius 1 is 1.43 bits per heavy atom. The third-order valence-corrected chi connectivity index (χ3v) is 3.47. The van der Waals surface area contributed by atoms with Crippen molar-refractivity contribution in [2.75, 3.05) is 11.9 Å². The minimum absolute atomic E-state index is 0.827. The lowest BCUT2D eigenvalue weighted by Crippen LogP contribution is -2.18. The van der Waals surface area contributed by atoms with Crippen molar-refractivity contribution in [3.8, 4) is 0 Å². The molecule has 2 aliphatic carbocycles. The second-order valence-electron chi connectivity index (χ2n) is 4.39. The van der Waals surface area contributed by atoms with Gasteiger partial charge in [0, 0.05) is 6.54 Å². The van der Waals surface area contributed by atoms with E-state index in [0.717, 1.165) is 30.1 Å². The van der Waals surface area contributed by atoms with Crippen molar-refractivity contribution in [2.45, 2.75) is 12.8 Å². The van der Waals surface area contributed by atoms with Gasteiger partial charge in [0.2, 0.25) is 0 Å². The maximum Gasteiger partial charge on any atom is 0.121 e. The Bertz CT molecular complexity index is 328. The van der Waals surface area contributed by atoms with Gasteiger partial charge in [0.15, 0.2) is 0 Å². The topological polar surface area (TPSA) is 40.7 Å². The number of nitrogens with one attached hydrogen (secondary N) is 2. The number of allylic oxidation sites excluding steroid dienone is 2. The Balaban J connectivity index is 1.57. The number of aromatic nitrogens is 2. The first-order valence-electron chi connectivity index (χ1n) is 5.33. The molecular weight excluding hydrogens is 174 g/mol. The largest absolute Gasteiger partial charge is 0.370 e. The highest BCUT2D eigenvalue weighted by atomic mass is 15.2. The van der Waals surface area contributed by atoms with Gasteiger partial charge < -0.3 is 5.32 Å². The summed E-state index contributed by atoms with van der Waals surface area (Å²) in [6, 6.07) is 1.98. The smallest absolute Gasteiger partial charge is 0.121 e. The molecule has 0 spiro atoms. The highest BCUT2D eigenvalue weighted by molar-refractivity contribution is 5.32. The molecule has 74 valence electrons. The molecule has 1 heterocycles. The monoisotopic (exact) mass is 189 g/mol. The molecule has 0 aromatic carbocycles. The average molecular weight is 189 g/mol. The first kappa shape index (κ1) is 8.09. The summed E-state index contributed by atoms with van der Waals surface area (Å²) in [6.45, 7) is 1.08. The zero-order valence-corrected chi connectivity index (χ0v) is 8.11.